The summed E-state index contributed by atoms with van der Waals surface area (Å²) in [5.41, 5.74) is 8.16. The highest BCUT2D eigenvalue weighted by molar-refractivity contribution is 6.15. The van der Waals surface area contributed by atoms with E-state index in [1.807, 2.05) is 39.1 Å². The van der Waals surface area contributed by atoms with E-state index in [1.165, 1.54) is 11.1 Å². The van der Waals surface area contributed by atoms with Gasteiger partial charge in [0.25, 0.3) is 0 Å². The molecule has 0 saturated heterocycles. The maximum Gasteiger partial charge on any atom is 0.211 e. The highest BCUT2D eigenvalue weighted by Crippen LogP contribution is 2.26. The monoisotopic (exact) mass is 306 g/mol. The molecule has 0 fully saturated rings. The van der Waals surface area contributed by atoms with E-state index < -0.39 is 0 Å². The minimum Gasteiger partial charge on any atom is -0.287 e. The van der Waals surface area contributed by atoms with Gasteiger partial charge in [-0.25, -0.2) is 0 Å². The van der Waals surface area contributed by atoms with Crippen LogP contribution in [0.15, 0.2) is 24.3 Å². The number of aromatic nitrogens is 2. The minimum absolute atomic E-state index is 0.0319. The number of hydrogen-bond donors (Lipinski definition) is 0. The van der Waals surface area contributed by atoms with E-state index in [9.17, 15) is 4.79 Å². The molecule has 0 unspecified atom stereocenters. The molecule has 0 bridgehead atoms. The molecular formula is C20H22N2O. The van der Waals surface area contributed by atoms with E-state index in [2.05, 4.69) is 31.9 Å². The lowest BCUT2D eigenvalue weighted by atomic mass is 9.96. The largest absolute Gasteiger partial charge is 0.287 e. The molecule has 3 rings (SSSR count). The molecule has 0 spiro atoms. The highest BCUT2D eigenvalue weighted by Gasteiger charge is 2.20. The molecule has 1 aromatic heterocycles. The predicted octanol–water partition coefficient (Wildman–Crippen LogP) is 4.35. The number of nitrogens with zero attached hydrogens (tertiary/aromatic N) is 2. The van der Waals surface area contributed by atoms with Gasteiger partial charge in [-0.05, 0) is 74.6 Å². The molecule has 0 saturated carbocycles. The summed E-state index contributed by atoms with van der Waals surface area (Å²) in [6, 6.07) is 8.02. The maximum absolute atomic E-state index is 13.1. The fraction of sp³-hybridized carbons (Fsp3) is 0.300. The second kappa shape index (κ2) is 5.34. The third kappa shape index (κ3) is 2.37. The number of fused-ring (bicyclic) bond motifs is 1. The first-order valence-corrected chi connectivity index (χ1v) is 7.86. The molecule has 118 valence electrons. The van der Waals surface area contributed by atoms with Gasteiger partial charge in [0.2, 0.25) is 5.78 Å². The van der Waals surface area contributed by atoms with Crippen molar-refractivity contribution in [1.29, 1.82) is 0 Å². The quantitative estimate of drug-likeness (QED) is 0.660. The first-order valence-electron chi connectivity index (χ1n) is 7.86. The molecular weight excluding hydrogens is 284 g/mol. The normalized spacial score (nSPS) is 11.2. The van der Waals surface area contributed by atoms with Gasteiger partial charge in [-0.3, -0.25) is 9.48 Å². The molecule has 0 N–H and O–H groups in total. The van der Waals surface area contributed by atoms with Crippen LogP contribution in [0.3, 0.4) is 0 Å². The number of aryl methyl sites for hydroxylation is 5. The van der Waals surface area contributed by atoms with E-state index in [0.717, 1.165) is 33.2 Å². The summed E-state index contributed by atoms with van der Waals surface area (Å²) in [5, 5.41) is 5.51. The fourth-order valence-corrected chi connectivity index (χ4v) is 3.07. The van der Waals surface area contributed by atoms with Gasteiger partial charge >= 0.3 is 0 Å². The zero-order valence-corrected chi connectivity index (χ0v) is 14.6. The smallest absolute Gasteiger partial charge is 0.211 e. The Balaban J connectivity index is 2.23. The Kier molecular flexibility index (Phi) is 3.59. The number of hydrogen-bond acceptors (Lipinski definition) is 2. The van der Waals surface area contributed by atoms with Crippen LogP contribution < -0.4 is 0 Å². The summed E-state index contributed by atoms with van der Waals surface area (Å²) >= 11 is 0. The van der Waals surface area contributed by atoms with Gasteiger partial charge in [0.15, 0.2) is 0 Å². The Labute approximate surface area is 136 Å². The van der Waals surface area contributed by atoms with Crippen LogP contribution in [0.2, 0.25) is 0 Å². The first kappa shape index (κ1) is 15.5. The maximum atomic E-state index is 13.1. The standard InChI is InChI=1S/C20H22N2O/c1-11-7-8-17-18(15(11)5)21-22(6)19(17)20(23)16-9-12(2)14(4)13(3)10-16/h7-10H,1-6H3. The second-order valence-electron chi connectivity index (χ2n) is 6.44. The van der Waals surface area contributed by atoms with Crippen molar-refractivity contribution in [2.75, 3.05) is 0 Å². The molecule has 3 nitrogen and oxygen atoms in total. The summed E-state index contributed by atoms with van der Waals surface area (Å²) in [7, 11) is 1.84. The van der Waals surface area contributed by atoms with Gasteiger partial charge in [-0.1, -0.05) is 12.1 Å². The predicted molar refractivity (Wildman–Crippen MR) is 94.3 cm³/mol. The highest BCUT2D eigenvalue weighted by atomic mass is 16.1. The summed E-state index contributed by atoms with van der Waals surface area (Å²) in [6.45, 7) is 10.3. The molecule has 0 aliphatic heterocycles. The summed E-state index contributed by atoms with van der Waals surface area (Å²) in [5.74, 6) is 0.0319. The third-order valence-corrected chi connectivity index (χ3v) is 4.93. The molecule has 3 aromatic rings. The fourth-order valence-electron chi connectivity index (χ4n) is 3.07. The van der Waals surface area contributed by atoms with Crippen molar-refractivity contribution >= 4 is 16.7 Å². The molecule has 1 heterocycles. The van der Waals surface area contributed by atoms with Crippen LogP contribution in [0, 0.1) is 34.6 Å². The van der Waals surface area contributed by atoms with Crippen molar-refractivity contribution in [3.05, 3.63) is 63.3 Å². The van der Waals surface area contributed by atoms with Crippen LogP contribution in [0.25, 0.3) is 10.9 Å². The molecule has 0 atom stereocenters. The Hall–Kier alpha value is -2.42. The van der Waals surface area contributed by atoms with Gasteiger partial charge in [0.1, 0.15) is 5.69 Å². The first-order chi connectivity index (χ1) is 10.8. The van der Waals surface area contributed by atoms with E-state index >= 15 is 0 Å². The Morgan fingerprint density at radius 2 is 1.52 bits per heavy atom. The Morgan fingerprint density at radius 3 is 2.13 bits per heavy atom. The van der Waals surface area contributed by atoms with Crippen LogP contribution in [0.4, 0.5) is 0 Å². The van der Waals surface area contributed by atoms with Crippen molar-refractivity contribution in [3.63, 3.8) is 0 Å². The number of ketones is 1. The summed E-state index contributed by atoms with van der Waals surface area (Å²) < 4.78 is 1.71. The van der Waals surface area contributed by atoms with Crippen molar-refractivity contribution in [2.45, 2.75) is 34.6 Å². The molecule has 2 aromatic carbocycles. The summed E-state index contributed by atoms with van der Waals surface area (Å²) in [6.07, 6.45) is 0. The molecule has 0 radical (unpaired) electrons. The number of carbonyl (C=O) groups is 1. The molecule has 0 aliphatic carbocycles. The van der Waals surface area contributed by atoms with Gasteiger partial charge < -0.3 is 0 Å². The zero-order valence-electron chi connectivity index (χ0n) is 14.6. The van der Waals surface area contributed by atoms with Crippen LogP contribution in [-0.2, 0) is 7.05 Å². The number of benzene rings is 2. The van der Waals surface area contributed by atoms with Crippen molar-refractivity contribution < 1.29 is 4.79 Å². The third-order valence-electron chi connectivity index (χ3n) is 4.93. The van der Waals surface area contributed by atoms with E-state index in [-0.39, 0.29) is 5.78 Å². The van der Waals surface area contributed by atoms with Crippen LogP contribution >= 0.6 is 0 Å². The molecule has 0 aliphatic rings. The Bertz CT molecular complexity index is 925. The van der Waals surface area contributed by atoms with Crippen LogP contribution in [0.1, 0.15) is 43.9 Å². The van der Waals surface area contributed by atoms with E-state index in [4.69, 9.17) is 0 Å². The topological polar surface area (TPSA) is 34.9 Å². The second-order valence-corrected chi connectivity index (χ2v) is 6.44. The molecule has 3 heteroatoms. The van der Waals surface area contributed by atoms with Crippen molar-refractivity contribution in [3.8, 4) is 0 Å². The van der Waals surface area contributed by atoms with Crippen LogP contribution in [-0.4, -0.2) is 15.6 Å². The zero-order chi connectivity index (χ0) is 16.9. The van der Waals surface area contributed by atoms with Crippen molar-refractivity contribution in [2.24, 2.45) is 7.05 Å². The minimum atomic E-state index is 0.0319. The van der Waals surface area contributed by atoms with Crippen LogP contribution in [0.5, 0.6) is 0 Å². The average molecular weight is 306 g/mol. The SMILES string of the molecule is Cc1cc(C(=O)c2c3ccc(C)c(C)c3nn2C)cc(C)c1C. The Morgan fingerprint density at radius 1 is 0.913 bits per heavy atom. The number of rotatable bonds is 2. The van der Waals surface area contributed by atoms with E-state index in [0.29, 0.717) is 5.69 Å². The van der Waals surface area contributed by atoms with Crippen molar-refractivity contribution in [1.82, 2.24) is 9.78 Å². The molecule has 23 heavy (non-hydrogen) atoms. The lowest BCUT2D eigenvalue weighted by Crippen LogP contribution is -2.09. The average Bonchev–Trinajstić information content (AvgIpc) is 2.84. The van der Waals surface area contributed by atoms with Gasteiger partial charge in [-0.2, -0.15) is 5.10 Å². The summed E-state index contributed by atoms with van der Waals surface area (Å²) in [4.78, 5) is 13.1. The molecule has 0 amide bonds. The van der Waals surface area contributed by atoms with Gasteiger partial charge in [0, 0.05) is 18.0 Å². The van der Waals surface area contributed by atoms with E-state index in [1.54, 1.807) is 4.68 Å². The number of carbonyl (C=O) groups excluding carboxylic acids is 1. The lowest BCUT2D eigenvalue weighted by Gasteiger charge is -2.09. The lowest BCUT2D eigenvalue weighted by molar-refractivity contribution is 0.103. The van der Waals surface area contributed by atoms with Gasteiger partial charge in [-0.15, -0.1) is 0 Å². The van der Waals surface area contributed by atoms with Gasteiger partial charge in [0.05, 0.1) is 5.52 Å².